The van der Waals surface area contributed by atoms with Crippen molar-refractivity contribution in [3.8, 4) is 0 Å². The van der Waals surface area contributed by atoms with E-state index in [4.69, 9.17) is 0 Å². The molecule has 2 rings (SSSR count). The summed E-state index contributed by atoms with van der Waals surface area (Å²) in [6.07, 6.45) is 4.17. The maximum absolute atomic E-state index is 12.0. The van der Waals surface area contributed by atoms with Crippen molar-refractivity contribution in [2.75, 3.05) is 0 Å². The average Bonchev–Trinajstić information content (AvgIpc) is 3.02. The second-order valence-corrected chi connectivity index (χ2v) is 5.26. The monoisotopic (exact) mass is 289 g/mol. The lowest BCUT2D eigenvalue weighted by Crippen LogP contribution is -2.27. The Hall–Kier alpha value is -2.11. The Morgan fingerprint density at radius 3 is 2.76 bits per heavy atom. The molecule has 0 aromatic carbocycles. The highest BCUT2D eigenvalue weighted by Crippen LogP contribution is 2.16. The van der Waals surface area contributed by atoms with Crippen molar-refractivity contribution in [2.24, 2.45) is 0 Å². The molecule has 1 unspecified atom stereocenters. The van der Waals surface area contributed by atoms with Gasteiger partial charge < -0.3 is 5.32 Å². The second-order valence-electron chi connectivity index (χ2n) is 5.26. The summed E-state index contributed by atoms with van der Waals surface area (Å²) in [7, 11) is 0. The standard InChI is InChI=1S/C15H23N5O/c1-5-19-10-14(13(4)18-19)12(3)17-15(21)7-9-20-11(2)6-8-16-20/h6,8,10,12H,5,7,9H2,1-4H3,(H,17,21). The van der Waals surface area contributed by atoms with Gasteiger partial charge in [0.1, 0.15) is 0 Å². The van der Waals surface area contributed by atoms with Crippen LogP contribution in [0.1, 0.15) is 43.3 Å². The minimum absolute atomic E-state index is 0.0287. The SMILES string of the molecule is CCn1cc(C(C)NC(=O)CCn2nccc2C)c(C)n1. The third-order valence-corrected chi connectivity index (χ3v) is 3.63. The number of amides is 1. The predicted molar refractivity (Wildman–Crippen MR) is 80.8 cm³/mol. The molecule has 2 heterocycles. The molecule has 0 aliphatic carbocycles. The van der Waals surface area contributed by atoms with Crippen molar-refractivity contribution in [3.05, 3.63) is 35.4 Å². The highest BCUT2D eigenvalue weighted by Gasteiger charge is 2.14. The van der Waals surface area contributed by atoms with E-state index in [1.165, 1.54) is 0 Å². The van der Waals surface area contributed by atoms with E-state index in [9.17, 15) is 4.79 Å². The summed E-state index contributed by atoms with van der Waals surface area (Å²) in [5.41, 5.74) is 3.10. The zero-order chi connectivity index (χ0) is 15.4. The lowest BCUT2D eigenvalue weighted by atomic mass is 10.1. The summed E-state index contributed by atoms with van der Waals surface area (Å²) in [4.78, 5) is 12.0. The Morgan fingerprint density at radius 2 is 2.19 bits per heavy atom. The lowest BCUT2D eigenvalue weighted by molar-refractivity contribution is -0.122. The molecule has 1 N–H and O–H groups in total. The van der Waals surface area contributed by atoms with Gasteiger partial charge in [-0.15, -0.1) is 0 Å². The van der Waals surface area contributed by atoms with Gasteiger partial charge in [0.2, 0.25) is 5.91 Å². The van der Waals surface area contributed by atoms with Crippen molar-refractivity contribution < 1.29 is 4.79 Å². The van der Waals surface area contributed by atoms with Crippen molar-refractivity contribution in [3.63, 3.8) is 0 Å². The molecule has 0 bridgehead atoms. The molecule has 0 saturated heterocycles. The number of hydrogen-bond acceptors (Lipinski definition) is 3. The van der Waals surface area contributed by atoms with Crippen molar-refractivity contribution in [1.29, 1.82) is 0 Å². The van der Waals surface area contributed by atoms with Gasteiger partial charge in [0, 0.05) is 43.2 Å². The predicted octanol–water partition coefficient (Wildman–Crippen LogP) is 1.98. The van der Waals surface area contributed by atoms with E-state index in [1.54, 1.807) is 6.20 Å². The van der Waals surface area contributed by atoms with Gasteiger partial charge in [-0.2, -0.15) is 10.2 Å². The first-order valence-electron chi connectivity index (χ1n) is 7.33. The average molecular weight is 289 g/mol. The first kappa shape index (κ1) is 15.3. The molecule has 1 atom stereocenters. The van der Waals surface area contributed by atoms with E-state index >= 15 is 0 Å². The summed E-state index contributed by atoms with van der Waals surface area (Å²) in [5, 5.41) is 11.6. The van der Waals surface area contributed by atoms with Crippen molar-refractivity contribution in [1.82, 2.24) is 24.9 Å². The Bertz CT molecular complexity index is 613. The number of carbonyl (C=O) groups excluding carboxylic acids is 1. The molecule has 6 nitrogen and oxygen atoms in total. The van der Waals surface area contributed by atoms with Gasteiger partial charge in [-0.3, -0.25) is 14.2 Å². The van der Waals surface area contributed by atoms with E-state index in [1.807, 2.05) is 49.3 Å². The molecular weight excluding hydrogens is 266 g/mol. The van der Waals surface area contributed by atoms with Gasteiger partial charge in [-0.05, 0) is 33.8 Å². The van der Waals surface area contributed by atoms with E-state index in [0.29, 0.717) is 13.0 Å². The number of nitrogens with one attached hydrogen (secondary N) is 1. The van der Waals surface area contributed by atoms with Crippen LogP contribution >= 0.6 is 0 Å². The largest absolute Gasteiger partial charge is 0.349 e. The molecule has 0 radical (unpaired) electrons. The van der Waals surface area contributed by atoms with Gasteiger partial charge in [0.15, 0.2) is 0 Å². The van der Waals surface area contributed by atoms with Gasteiger partial charge in [0.25, 0.3) is 0 Å². The van der Waals surface area contributed by atoms with Crippen LogP contribution in [-0.4, -0.2) is 25.5 Å². The van der Waals surface area contributed by atoms with E-state index in [2.05, 4.69) is 15.5 Å². The fourth-order valence-electron chi connectivity index (χ4n) is 2.35. The third kappa shape index (κ3) is 3.71. The molecule has 0 spiro atoms. The molecule has 6 heteroatoms. The van der Waals surface area contributed by atoms with Crippen LogP contribution in [-0.2, 0) is 17.9 Å². The fourth-order valence-corrected chi connectivity index (χ4v) is 2.35. The molecule has 0 saturated carbocycles. The summed E-state index contributed by atoms with van der Waals surface area (Å²) in [6.45, 7) is 9.42. The van der Waals surface area contributed by atoms with Gasteiger partial charge in [-0.1, -0.05) is 0 Å². The quantitative estimate of drug-likeness (QED) is 0.884. The number of carbonyl (C=O) groups is 1. The summed E-state index contributed by atoms with van der Waals surface area (Å²) < 4.78 is 3.73. The molecule has 0 aliphatic heterocycles. The zero-order valence-electron chi connectivity index (χ0n) is 13.1. The summed E-state index contributed by atoms with van der Waals surface area (Å²) in [5.74, 6) is 0.0287. The van der Waals surface area contributed by atoms with Crippen LogP contribution in [0.3, 0.4) is 0 Å². The minimum atomic E-state index is -0.0310. The van der Waals surface area contributed by atoms with Gasteiger partial charge in [-0.25, -0.2) is 0 Å². The van der Waals surface area contributed by atoms with Gasteiger partial charge >= 0.3 is 0 Å². The van der Waals surface area contributed by atoms with Crippen molar-refractivity contribution >= 4 is 5.91 Å². The van der Waals surface area contributed by atoms with E-state index in [-0.39, 0.29) is 11.9 Å². The maximum atomic E-state index is 12.0. The van der Waals surface area contributed by atoms with Crippen LogP contribution < -0.4 is 5.32 Å². The van der Waals surface area contributed by atoms with E-state index in [0.717, 1.165) is 23.5 Å². The molecule has 114 valence electrons. The molecular formula is C15H23N5O. The summed E-state index contributed by atoms with van der Waals surface area (Å²) in [6, 6.07) is 1.90. The van der Waals surface area contributed by atoms with Gasteiger partial charge in [0.05, 0.1) is 11.7 Å². The van der Waals surface area contributed by atoms with Crippen molar-refractivity contribution in [2.45, 2.75) is 53.2 Å². The number of aromatic nitrogens is 4. The number of aryl methyl sites for hydroxylation is 4. The number of nitrogens with zero attached hydrogens (tertiary/aromatic N) is 4. The van der Waals surface area contributed by atoms with Crippen LogP contribution in [0.25, 0.3) is 0 Å². The maximum Gasteiger partial charge on any atom is 0.222 e. The molecule has 2 aromatic rings. The smallest absolute Gasteiger partial charge is 0.222 e. The second kappa shape index (κ2) is 6.56. The normalized spacial score (nSPS) is 12.4. The minimum Gasteiger partial charge on any atom is -0.349 e. The molecule has 2 aromatic heterocycles. The molecule has 0 fully saturated rings. The Morgan fingerprint density at radius 1 is 1.43 bits per heavy atom. The topological polar surface area (TPSA) is 64.7 Å². The van der Waals surface area contributed by atoms with Crippen LogP contribution in [0.4, 0.5) is 0 Å². The lowest BCUT2D eigenvalue weighted by Gasteiger charge is -2.13. The zero-order valence-corrected chi connectivity index (χ0v) is 13.1. The first-order chi connectivity index (χ1) is 10.0. The highest BCUT2D eigenvalue weighted by atomic mass is 16.1. The summed E-state index contributed by atoms with van der Waals surface area (Å²) >= 11 is 0. The number of rotatable bonds is 6. The van der Waals surface area contributed by atoms with E-state index < -0.39 is 0 Å². The molecule has 21 heavy (non-hydrogen) atoms. The molecule has 0 aliphatic rings. The highest BCUT2D eigenvalue weighted by molar-refractivity contribution is 5.76. The third-order valence-electron chi connectivity index (χ3n) is 3.63. The van der Waals surface area contributed by atoms with Crippen LogP contribution in [0.2, 0.25) is 0 Å². The van der Waals surface area contributed by atoms with Crippen LogP contribution in [0.15, 0.2) is 18.5 Å². The molecule has 1 amide bonds. The first-order valence-corrected chi connectivity index (χ1v) is 7.33. The van der Waals surface area contributed by atoms with Crippen LogP contribution in [0.5, 0.6) is 0 Å². The Balaban J connectivity index is 1.89. The Kier molecular flexibility index (Phi) is 4.77. The number of hydrogen-bond donors (Lipinski definition) is 1. The fraction of sp³-hybridized carbons (Fsp3) is 0.533. The Labute approximate surface area is 125 Å². The van der Waals surface area contributed by atoms with Crippen LogP contribution in [0, 0.1) is 13.8 Å².